The lowest BCUT2D eigenvalue weighted by molar-refractivity contribution is 0.0371. The number of carbonyl (C=O) groups is 1. The van der Waals surface area contributed by atoms with Crippen LogP contribution in [-0.4, -0.2) is 67.2 Å². The first-order chi connectivity index (χ1) is 16.9. The maximum absolute atomic E-state index is 13.0. The van der Waals surface area contributed by atoms with E-state index in [1.165, 1.54) is 5.01 Å². The number of aromatic amines is 1. The monoisotopic (exact) mass is 487 g/mol. The smallest absolute Gasteiger partial charge is 0.276 e. The topological polar surface area (TPSA) is 114 Å². The van der Waals surface area contributed by atoms with Gasteiger partial charge in [-0.2, -0.15) is 0 Å². The second-order valence-corrected chi connectivity index (χ2v) is 8.30. The molecule has 0 aliphatic carbocycles. The molecule has 1 aromatic carbocycles. The largest absolute Gasteiger partial charge is 0.493 e. The lowest BCUT2D eigenvalue weighted by Gasteiger charge is -2.25. The normalized spacial score (nSPS) is 13.7. The number of hydrogen-bond acceptors (Lipinski definition) is 8. The Kier molecular flexibility index (Phi) is 11.9. The van der Waals surface area contributed by atoms with Crippen LogP contribution in [0.25, 0.3) is 11.4 Å². The molecule has 3 N–H and O–H groups in total. The quantitative estimate of drug-likeness (QED) is 0.282. The van der Waals surface area contributed by atoms with Gasteiger partial charge in [0.15, 0.2) is 5.78 Å². The summed E-state index contributed by atoms with van der Waals surface area (Å²) in [6.07, 6.45) is 3.31. The summed E-state index contributed by atoms with van der Waals surface area (Å²) in [5, 5.41) is 1.30. The highest BCUT2D eigenvalue weighted by Crippen LogP contribution is 2.30. The van der Waals surface area contributed by atoms with Crippen LogP contribution in [0.2, 0.25) is 0 Å². The Bertz CT molecular complexity index is 1000. The fourth-order valence-corrected chi connectivity index (χ4v) is 3.80. The molecule has 2 aromatic rings. The first-order valence-corrected chi connectivity index (χ1v) is 12.7. The van der Waals surface area contributed by atoms with Crippen molar-refractivity contribution in [1.29, 1.82) is 0 Å². The zero-order valence-electron chi connectivity index (χ0n) is 21.9. The van der Waals surface area contributed by atoms with E-state index in [1.54, 1.807) is 25.2 Å². The molecule has 9 heteroatoms. The van der Waals surface area contributed by atoms with Gasteiger partial charge in [0.25, 0.3) is 5.56 Å². The fourth-order valence-electron chi connectivity index (χ4n) is 3.80. The van der Waals surface area contributed by atoms with Crippen LogP contribution in [0.3, 0.4) is 0 Å². The van der Waals surface area contributed by atoms with Crippen molar-refractivity contribution in [2.45, 2.75) is 53.4 Å². The second-order valence-electron chi connectivity index (χ2n) is 8.30. The van der Waals surface area contributed by atoms with Gasteiger partial charge in [0.1, 0.15) is 17.3 Å². The van der Waals surface area contributed by atoms with Crippen LogP contribution >= 0.6 is 0 Å². The van der Waals surface area contributed by atoms with Gasteiger partial charge < -0.3 is 19.5 Å². The van der Waals surface area contributed by atoms with Crippen LogP contribution in [0.1, 0.15) is 63.0 Å². The Hall–Kier alpha value is -2.75. The first-order valence-electron chi connectivity index (χ1n) is 12.7. The van der Waals surface area contributed by atoms with Crippen LogP contribution in [0.15, 0.2) is 23.0 Å². The Morgan fingerprint density at radius 1 is 1.23 bits per heavy atom. The predicted molar refractivity (Wildman–Crippen MR) is 140 cm³/mol. The SMILES string of the molecule is CC.CCCCc1nc(-c2cc(C(=O)CN3CCOCC3)ccc2OCCC)[nH]c(=O)c1N(C)N. The highest BCUT2D eigenvalue weighted by molar-refractivity contribution is 5.99. The number of morpholine rings is 1. The zero-order chi connectivity index (χ0) is 25.8. The Morgan fingerprint density at radius 2 is 1.94 bits per heavy atom. The number of nitrogens with one attached hydrogen (secondary N) is 1. The van der Waals surface area contributed by atoms with Gasteiger partial charge in [-0.15, -0.1) is 0 Å². The molecule has 0 amide bonds. The number of ketones is 1. The van der Waals surface area contributed by atoms with Crippen molar-refractivity contribution in [3.63, 3.8) is 0 Å². The Labute approximate surface area is 208 Å². The molecular weight excluding hydrogens is 446 g/mol. The van der Waals surface area contributed by atoms with E-state index < -0.39 is 0 Å². The third kappa shape index (κ3) is 7.88. The third-order valence-electron chi connectivity index (χ3n) is 5.58. The molecule has 0 radical (unpaired) electrons. The lowest BCUT2D eigenvalue weighted by Crippen LogP contribution is -2.39. The molecule has 3 rings (SSSR count). The minimum Gasteiger partial charge on any atom is -0.493 e. The first kappa shape index (κ1) is 28.5. The van der Waals surface area contributed by atoms with Gasteiger partial charge in [-0.3, -0.25) is 14.5 Å². The molecule has 9 nitrogen and oxygen atoms in total. The number of ether oxygens (including phenoxy) is 2. The number of H-pyrrole nitrogens is 1. The Morgan fingerprint density at radius 3 is 2.57 bits per heavy atom. The summed E-state index contributed by atoms with van der Waals surface area (Å²) < 4.78 is 11.3. The summed E-state index contributed by atoms with van der Waals surface area (Å²) in [6, 6.07) is 5.32. The summed E-state index contributed by atoms with van der Waals surface area (Å²) in [7, 11) is 1.63. The van der Waals surface area contributed by atoms with Crippen molar-refractivity contribution >= 4 is 11.5 Å². The molecule has 1 saturated heterocycles. The van der Waals surface area contributed by atoms with E-state index in [0.29, 0.717) is 66.9 Å². The van der Waals surface area contributed by atoms with Crippen LogP contribution in [-0.2, 0) is 11.2 Å². The molecule has 194 valence electrons. The molecule has 1 aromatic heterocycles. The number of Topliss-reactive ketones (excluding diaryl/α,β-unsaturated/α-hetero) is 1. The molecule has 2 heterocycles. The maximum Gasteiger partial charge on any atom is 0.276 e. The zero-order valence-corrected chi connectivity index (χ0v) is 21.9. The van der Waals surface area contributed by atoms with Gasteiger partial charge in [-0.1, -0.05) is 34.1 Å². The number of hydrazine groups is 1. The van der Waals surface area contributed by atoms with Crippen LogP contribution in [0, 0.1) is 0 Å². The van der Waals surface area contributed by atoms with Crippen LogP contribution in [0.4, 0.5) is 5.69 Å². The van der Waals surface area contributed by atoms with Crippen LogP contribution in [0.5, 0.6) is 5.75 Å². The summed E-state index contributed by atoms with van der Waals surface area (Å²) >= 11 is 0. The number of benzene rings is 1. The Balaban J connectivity index is 0.00000210. The standard InChI is InChI=1S/C24H35N5O4.C2H6/c1-4-6-7-19-22(28(3)25)24(31)27-23(26-19)18-15-17(8-9-21(18)33-12-5-2)20(30)16-29-10-13-32-14-11-29;1-2/h8-9,15H,4-7,10-14,16,25H2,1-3H3,(H,26,27,31);1-2H3. The number of nitrogens with zero attached hydrogens (tertiary/aromatic N) is 3. The van der Waals surface area contributed by atoms with E-state index in [4.69, 9.17) is 20.3 Å². The van der Waals surface area contributed by atoms with Crippen molar-refractivity contribution in [1.82, 2.24) is 14.9 Å². The molecule has 1 aliphatic rings. The number of nitrogens with two attached hydrogens (primary N) is 1. The van der Waals surface area contributed by atoms with E-state index in [1.807, 2.05) is 20.8 Å². The number of carbonyl (C=O) groups excluding carboxylic acids is 1. The summed E-state index contributed by atoms with van der Waals surface area (Å²) in [6.45, 7) is 11.7. The number of hydrogen-bond donors (Lipinski definition) is 2. The summed E-state index contributed by atoms with van der Waals surface area (Å²) in [5.74, 6) is 6.88. The van der Waals surface area contributed by atoms with Crippen molar-refractivity contribution in [3.05, 3.63) is 39.8 Å². The molecule has 0 bridgehead atoms. The van der Waals surface area contributed by atoms with E-state index in [2.05, 4.69) is 16.8 Å². The average molecular weight is 488 g/mol. The van der Waals surface area contributed by atoms with Gasteiger partial charge in [-0.25, -0.2) is 10.8 Å². The second kappa shape index (κ2) is 14.6. The molecule has 1 fully saturated rings. The van der Waals surface area contributed by atoms with Crippen molar-refractivity contribution in [2.75, 3.05) is 51.5 Å². The number of rotatable bonds is 11. The summed E-state index contributed by atoms with van der Waals surface area (Å²) in [4.78, 5) is 35.6. The van der Waals surface area contributed by atoms with Gasteiger partial charge >= 0.3 is 0 Å². The molecule has 0 unspecified atom stereocenters. The molecular formula is C26H41N5O4. The molecule has 0 atom stereocenters. The number of aryl methyl sites for hydroxylation is 1. The number of aromatic nitrogens is 2. The van der Waals surface area contributed by atoms with Crippen LogP contribution < -0.4 is 21.1 Å². The van der Waals surface area contributed by atoms with Gasteiger partial charge in [-0.05, 0) is 37.5 Å². The van der Waals surface area contributed by atoms with Crippen molar-refractivity contribution < 1.29 is 14.3 Å². The van der Waals surface area contributed by atoms with E-state index in [9.17, 15) is 9.59 Å². The maximum atomic E-state index is 13.0. The lowest BCUT2D eigenvalue weighted by atomic mass is 10.0. The predicted octanol–water partition coefficient (Wildman–Crippen LogP) is 3.42. The number of unbranched alkanes of at least 4 members (excludes halogenated alkanes) is 1. The number of anilines is 1. The average Bonchev–Trinajstić information content (AvgIpc) is 2.87. The minimum absolute atomic E-state index is 0.00653. The fraction of sp³-hybridized carbons (Fsp3) is 0.577. The van der Waals surface area contributed by atoms with Crippen molar-refractivity contribution in [3.8, 4) is 17.1 Å². The third-order valence-corrected chi connectivity index (χ3v) is 5.58. The highest BCUT2D eigenvalue weighted by Gasteiger charge is 2.20. The van der Waals surface area contributed by atoms with Gasteiger partial charge in [0.05, 0.1) is 37.6 Å². The van der Waals surface area contributed by atoms with E-state index >= 15 is 0 Å². The summed E-state index contributed by atoms with van der Waals surface area (Å²) in [5.41, 5.74) is 1.81. The van der Waals surface area contributed by atoms with Gasteiger partial charge in [0.2, 0.25) is 0 Å². The molecule has 0 saturated carbocycles. The van der Waals surface area contributed by atoms with Gasteiger partial charge in [0, 0.05) is 25.7 Å². The van der Waals surface area contributed by atoms with E-state index in [0.717, 1.165) is 32.4 Å². The molecule has 1 aliphatic heterocycles. The molecule has 35 heavy (non-hydrogen) atoms. The van der Waals surface area contributed by atoms with Crippen molar-refractivity contribution in [2.24, 2.45) is 5.84 Å². The highest BCUT2D eigenvalue weighted by atomic mass is 16.5. The van der Waals surface area contributed by atoms with E-state index in [-0.39, 0.29) is 11.3 Å². The minimum atomic E-state index is -0.317. The molecule has 0 spiro atoms.